The standard InChI is InChI=1S/3C11H11NO4.Fe/c3*1-7(13)11(8(2)14)9-3-5-10(6-4-9)12(15)16;/h3*3-6,11H,1-2H3;/q;;;+3. The first-order chi connectivity index (χ1) is 22.3. The monoisotopic (exact) mass is 719 g/mol. The van der Waals surface area contributed by atoms with E-state index in [0.717, 1.165) is 0 Å². The zero-order valence-corrected chi connectivity index (χ0v) is 28.4. The molecule has 0 bridgehead atoms. The first-order valence-electron chi connectivity index (χ1n) is 14.1. The Balaban J connectivity index is 0.000000698. The molecule has 15 nitrogen and oxygen atoms in total. The predicted molar refractivity (Wildman–Crippen MR) is 172 cm³/mol. The van der Waals surface area contributed by atoms with Crippen LogP contribution in [-0.2, 0) is 45.8 Å². The molecule has 49 heavy (non-hydrogen) atoms. The Bertz CT molecular complexity index is 1480. The first kappa shape index (κ1) is 43.4. The number of Topliss-reactive ketones (excluding diaryl/α,β-unsaturated/α-hetero) is 6. The van der Waals surface area contributed by atoms with Crippen molar-refractivity contribution in [3.05, 3.63) is 120 Å². The second-order valence-electron chi connectivity index (χ2n) is 10.5. The minimum absolute atomic E-state index is 0. The SMILES string of the molecule is CC(=O)C(C(C)=O)c1ccc([N+](=O)[O-])cc1.CC(=O)C(C(C)=O)c1ccc([N+](=O)[O-])cc1.CC(=O)C(C(C)=O)c1ccc([N+](=O)[O-])cc1.[Fe+3]. The van der Waals surface area contributed by atoms with Gasteiger partial charge in [-0.15, -0.1) is 0 Å². The van der Waals surface area contributed by atoms with Gasteiger partial charge in [0.15, 0.2) is 0 Å². The molecule has 0 saturated carbocycles. The van der Waals surface area contributed by atoms with E-state index in [4.69, 9.17) is 0 Å². The third-order valence-electron chi connectivity index (χ3n) is 6.75. The van der Waals surface area contributed by atoms with Crippen molar-refractivity contribution in [2.75, 3.05) is 0 Å². The van der Waals surface area contributed by atoms with Gasteiger partial charge in [0, 0.05) is 36.4 Å². The Hall–Kier alpha value is -5.60. The van der Waals surface area contributed by atoms with E-state index >= 15 is 0 Å². The van der Waals surface area contributed by atoms with Gasteiger partial charge in [0.05, 0.1) is 14.8 Å². The maximum Gasteiger partial charge on any atom is 3.00 e. The summed E-state index contributed by atoms with van der Waals surface area (Å²) in [7, 11) is 0. The molecule has 0 amide bonds. The van der Waals surface area contributed by atoms with Crippen LogP contribution in [0.2, 0.25) is 0 Å². The fraction of sp³-hybridized carbons (Fsp3) is 0.273. The summed E-state index contributed by atoms with van der Waals surface area (Å²) >= 11 is 0. The topological polar surface area (TPSA) is 232 Å². The molecule has 257 valence electrons. The van der Waals surface area contributed by atoms with E-state index < -0.39 is 32.5 Å². The molecule has 3 aromatic rings. The van der Waals surface area contributed by atoms with E-state index in [0.29, 0.717) is 16.7 Å². The van der Waals surface area contributed by atoms with Gasteiger partial charge in [-0.2, -0.15) is 0 Å². The molecular weight excluding hydrogens is 686 g/mol. The number of rotatable bonds is 12. The number of benzene rings is 3. The number of hydrogen-bond acceptors (Lipinski definition) is 12. The molecule has 0 aliphatic rings. The molecule has 0 spiro atoms. The van der Waals surface area contributed by atoms with Crippen LogP contribution in [0.15, 0.2) is 72.8 Å². The van der Waals surface area contributed by atoms with Gasteiger partial charge in [-0.1, -0.05) is 36.4 Å². The molecule has 0 fully saturated rings. The van der Waals surface area contributed by atoms with Crippen molar-refractivity contribution in [1.82, 2.24) is 0 Å². The molecule has 1 radical (unpaired) electrons. The average molecular weight is 719 g/mol. The number of ketones is 6. The second kappa shape index (κ2) is 19.9. The van der Waals surface area contributed by atoms with Crippen LogP contribution >= 0.6 is 0 Å². The predicted octanol–water partition coefficient (Wildman–Crippen LogP) is 5.57. The maximum atomic E-state index is 11.2. The molecule has 0 aliphatic carbocycles. The van der Waals surface area contributed by atoms with Crippen LogP contribution in [-0.4, -0.2) is 49.5 Å². The first-order valence-corrected chi connectivity index (χ1v) is 14.1. The van der Waals surface area contributed by atoms with Crippen molar-refractivity contribution in [3.63, 3.8) is 0 Å². The Kier molecular flexibility index (Phi) is 17.6. The van der Waals surface area contributed by atoms with Crippen molar-refractivity contribution in [2.24, 2.45) is 0 Å². The van der Waals surface area contributed by atoms with Crippen LogP contribution in [0.4, 0.5) is 17.1 Å². The summed E-state index contributed by atoms with van der Waals surface area (Å²) in [6, 6.07) is 16.3. The van der Waals surface area contributed by atoms with Gasteiger partial charge in [0.2, 0.25) is 0 Å². The average Bonchev–Trinajstić information content (AvgIpc) is 2.97. The minimum atomic E-state index is -0.819. The number of nitro benzene ring substituents is 3. The van der Waals surface area contributed by atoms with Gasteiger partial charge in [-0.3, -0.25) is 59.1 Å². The summed E-state index contributed by atoms with van der Waals surface area (Å²) in [5.41, 5.74) is 1.29. The summed E-state index contributed by atoms with van der Waals surface area (Å²) < 4.78 is 0. The van der Waals surface area contributed by atoms with Gasteiger partial charge >= 0.3 is 17.1 Å². The number of carbonyl (C=O) groups excluding carboxylic acids is 6. The van der Waals surface area contributed by atoms with Crippen LogP contribution in [0.1, 0.15) is 76.0 Å². The molecule has 16 heteroatoms. The molecule has 0 aliphatic heterocycles. The summed E-state index contributed by atoms with van der Waals surface area (Å²) in [5.74, 6) is -4.03. The van der Waals surface area contributed by atoms with E-state index in [2.05, 4.69) is 0 Å². The van der Waals surface area contributed by atoms with Gasteiger partial charge in [-0.25, -0.2) is 0 Å². The van der Waals surface area contributed by atoms with E-state index in [1.54, 1.807) is 0 Å². The van der Waals surface area contributed by atoms with Crippen LogP contribution < -0.4 is 0 Å². The van der Waals surface area contributed by atoms with Crippen molar-refractivity contribution >= 4 is 51.8 Å². The van der Waals surface area contributed by atoms with E-state index in [9.17, 15) is 59.1 Å². The quantitative estimate of drug-likeness (QED) is 0.0968. The molecule has 0 heterocycles. The van der Waals surface area contributed by atoms with E-state index in [-0.39, 0.29) is 68.8 Å². The van der Waals surface area contributed by atoms with Crippen molar-refractivity contribution in [2.45, 2.75) is 59.3 Å². The van der Waals surface area contributed by atoms with Gasteiger partial charge in [0.1, 0.15) is 52.5 Å². The van der Waals surface area contributed by atoms with Crippen molar-refractivity contribution in [1.29, 1.82) is 0 Å². The summed E-state index contributed by atoms with van der Waals surface area (Å²) in [6.07, 6.45) is 0. The molecule has 0 saturated heterocycles. The second-order valence-corrected chi connectivity index (χ2v) is 10.5. The molecular formula is C33H33FeN3O12+3. The number of non-ortho nitro benzene ring substituents is 3. The Morgan fingerprint density at radius 2 is 0.531 bits per heavy atom. The number of carbonyl (C=O) groups is 6. The zero-order chi connectivity index (χ0) is 36.9. The molecule has 3 rings (SSSR count). The molecule has 0 atom stereocenters. The fourth-order valence-electron chi connectivity index (χ4n) is 4.63. The van der Waals surface area contributed by atoms with Crippen molar-refractivity contribution in [3.8, 4) is 0 Å². The summed E-state index contributed by atoms with van der Waals surface area (Å²) in [5, 5.41) is 31.3. The largest absolute Gasteiger partial charge is 3.00 e. The number of hydrogen-bond donors (Lipinski definition) is 0. The minimum Gasteiger partial charge on any atom is -0.299 e. The Labute approximate surface area is 291 Å². The fourth-order valence-corrected chi connectivity index (χ4v) is 4.63. The van der Waals surface area contributed by atoms with Crippen LogP contribution in [0.25, 0.3) is 0 Å². The van der Waals surface area contributed by atoms with E-state index in [1.165, 1.54) is 114 Å². The number of nitrogens with zero attached hydrogens (tertiary/aromatic N) is 3. The van der Waals surface area contributed by atoms with Crippen LogP contribution in [0.3, 0.4) is 0 Å². The van der Waals surface area contributed by atoms with Gasteiger partial charge in [0.25, 0.3) is 17.1 Å². The molecule has 0 unspecified atom stereocenters. The molecule has 3 aromatic carbocycles. The van der Waals surface area contributed by atoms with Crippen LogP contribution in [0.5, 0.6) is 0 Å². The van der Waals surface area contributed by atoms with Crippen LogP contribution in [0, 0.1) is 30.3 Å². The smallest absolute Gasteiger partial charge is 0.299 e. The third kappa shape index (κ3) is 13.2. The van der Waals surface area contributed by atoms with Gasteiger partial charge in [-0.05, 0) is 58.2 Å². The van der Waals surface area contributed by atoms with Crippen molar-refractivity contribution < 1.29 is 60.6 Å². The van der Waals surface area contributed by atoms with E-state index in [1.807, 2.05) is 0 Å². The Morgan fingerprint density at radius 3 is 0.633 bits per heavy atom. The normalized spacial score (nSPS) is 9.98. The Morgan fingerprint density at radius 1 is 0.388 bits per heavy atom. The molecule has 0 aromatic heterocycles. The van der Waals surface area contributed by atoms with Gasteiger partial charge < -0.3 is 0 Å². The maximum absolute atomic E-state index is 11.2. The zero-order valence-electron chi connectivity index (χ0n) is 27.3. The molecule has 0 N–H and O–H groups in total. The number of nitro groups is 3. The summed E-state index contributed by atoms with van der Waals surface area (Å²) in [6.45, 7) is 7.96. The third-order valence-corrected chi connectivity index (χ3v) is 6.75. The summed E-state index contributed by atoms with van der Waals surface area (Å²) in [4.78, 5) is 97.2.